The van der Waals surface area contributed by atoms with Crippen LogP contribution in [0.1, 0.15) is 43.0 Å². The lowest BCUT2D eigenvalue weighted by Gasteiger charge is -2.32. The molecule has 1 saturated heterocycles. The van der Waals surface area contributed by atoms with Crippen LogP contribution in [0.5, 0.6) is 5.75 Å². The van der Waals surface area contributed by atoms with Gasteiger partial charge in [0.15, 0.2) is 11.9 Å². The standard InChI is InChI=1S/C18H22BrN3O3/c1-11-4-5-16(15(19)10-11)24-12(2)18(23)22-8-6-14(7-9-22)17-20-13(3)21-25-17/h4-5,10,12,14H,6-9H2,1-3H3. The van der Waals surface area contributed by atoms with Crippen molar-refractivity contribution in [2.24, 2.45) is 0 Å². The van der Waals surface area contributed by atoms with Crippen molar-refractivity contribution in [3.05, 3.63) is 40.0 Å². The van der Waals surface area contributed by atoms with Gasteiger partial charge in [-0.2, -0.15) is 4.98 Å². The molecule has 3 rings (SSSR count). The number of hydrogen-bond acceptors (Lipinski definition) is 5. The van der Waals surface area contributed by atoms with Gasteiger partial charge in [-0.15, -0.1) is 0 Å². The largest absolute Gasteiger partial charge is 0.480 e. The van der Waals surface area contributed by atoms with Crippen molar-refractivity contribution in [3.63, 3.8) is 0 Å². The number of carbonyl (C=O) groups excluding carboxylic acids is 1. The molecule has 0 spiro atoms. The van der Waals surface area contributed by atoms with E-state index in [0.29, 0.717) is 30.6 Å². The van der Waals surface area contributed by atoms with Crippen LogP contribution in [0.4, 0.5) is 0 Å². The molecule has 1 aromatic heterocycles. The summed E-state index contributed by atoms with van der Waals surface area (Å²) in [6.45, 7) is 6.97. The normalized spacial score (nSPS) is 16.7. The average molecular weight is 408 g/mol. The van der Waals surface area contributed by atoms with E-state index < -0.39 is 6.10 Å². The van der Waals surface area contributed by atoms with Crippen LogP contribution in [0.25, 0.3) is 0 Å². The molecule has 1 aromatic carbocycles. The van der Waals surface area contributed by atoms with Gasteiger partial charge >= 0.3 is 0 Å². The highest BCUT2D eigenvalue weighted by molar-refractivity contribution is 9.10. The van der Waals surface area contributed by atoms with Crippen molar-refractivity contribution in [1.29, 1.82) is 0 Å². The third-order valence-corrected chi connectivity index (χ3v) is 5.06. The van der Waals surface area contributed by atoms with Gasteiger partial charge in [0, 0.05) is 19.0 Å². The number of carbonyl (C=O) groups is 1. The van der Waals surface area contributed by atoms with Gasteiger partial charge < -0.3 is 14.2 Å². The summed E-state index contributed by atoms with van der Waals surface area (Å²) in [6, 6.07) is 5.83. The van der Waals surface area contributed by atoms with Crippen LogP contribution in [-0.2, 0) is 4.79 Å². The molecule has 134 valence electrons. The van der Waals surface area contributed by atoms with E-state index in [1.807, 2.05) is 36.9 Å². The number of ether oxygens (including phenoxy) is 1. The Morgan fingerprint density at radius 1 is 1.36 bits per heavy atom. The van der Waals surface area contributed by atoms with Crippen LogP contribution in [0.2, 0.25) is 0 Å². The van der Waals surface area contributed by atoms with Crippen molar-refractivity contribution in [2.45, 2.75) is 45.6 Å². The molecule has 1 amide bonds. The maximum atomic E-state index is 12.7. The summed E-state index contributed by atoms with van der Waals surface area (Å²) in [5.41, 5.74) is 1.14. The van der Waals surface area contributed by atoms with Crippen LogP contribution in [0.3, 0.4) is 0 Å². The molecule has 1 fully saturated rings. The molecule has 1 unspecified atom stereocenters. The van der Waals surface area contributed by atoms with Crippen LogP contribution in [-0.4, -0.2) is 40.1 Å². The summed E-state index contributed by atoms with van der Waals surface area (Å²) in [6.07, 6.45) is 1.13. The Morgan fingerprint density at radius 3 is 2.68 bits per heavy atom. The number of likely N-dealkylation sites (tertiary alicyclic amines) is 1. The van der Waals surface area contributed by atoms with E-state index >= 15 is 0 Å². The predicted octanol–water partition coefficient (Wildman–Crippen LogP) is 3.62. The fourth-order valence-electron chi connectivity index (χ4n) is 3.03. The number of nitrogens with zero attached hydrogens (tertiary/aromatic N) is 3. The van der Waals surface area contributed by atoms with Gasteiger partial charge in [-0.1, -0.05) is 11.2 Å². The monoisotopic (exact) mass is 407 g/mol. The minimum Gasteiger partial charge on any atom is -0.480 e. The first kappa shape index (κ1) is 17.9. The number of rotatable bonds is 4. The number of amides is 1. The van der Waals surface area contributed by atoms with E-state index in [4.69, 9.17) is 9.26 Å². The zero-order valence-electron chi connectivity index (χ0n) is 14.7. The highest BCUT2D eigenvalue weighted by Gasteiger charge is 2.30. The Labute approximate surface area is 155 Å². The lowest BCUT2D eigenvalue weighted by molar-refractivity contribution is -0.139. The molecule has 2 heterocycles. The smallest absolute Gasteiger partial charge is 0.263 e. The highest BCUT2D eigenvalue weighted by atomic mass is 79.9. The lowest BCUT2D eigenvalue weighted by Crippen LogP contribution is -2.44. The fourth-order valence-corrected chi connectivity index (χ4v) is 3.61. The molecular formula is C18H22BrN3O3. The van der Waals surface area contributed by atoms with E-state index in [1.165, 1.54) is 0 Å². The molecule has 1 aliphatic rings. The second kappa shape index (κ2) is 7.56. The summed E-state index contributed by atoms with van der Waals surface area (Å²) in [4.78, 5) is 18.8. The fraction of sp³-hybridized carbons (Fsp3) is 0.500. The first-order valence-electron chi connectivity index (χ1n) is 8.46. The summed E-state index contributed by atoms with van der Waals surface area (Å²) in [5.74, 6) is 2.25. The number of halogens is 1. The van der Waals surface area contributed by atoms with Crippen LogP contribution in [0, 0.1) is 13.8 Å². The zero-order chi connectivity index (χ0) is 18.0. The van der Waals surface area contributed by atoms with Gasteiger partial charge in [-0.3, -0.25) is 4.79 Å². The first-order chi connectivity index (χ1) is 11.9. The van der Waals surface area contributed by atoms with E-state index in [-0.39, 0.29) is 11.8 Å². The Bertz CT molecular complexity index is 754. The topological polar surface area (TPSA) is 68.5 Å². The number of piperidine rings is 1. The number of benzene rings is 1. The van der Waals surface area contributed by atoms with Crippen molar-refractivity contribution >= 4 is 21.8 Å². The van der Waals surface area contributed by atoms with E-state index in [0.717, 1.165) is 22.9 Å². The molecule has 7 heteroatoms. The molecule has 0 aliphatic carbocycles. The Kier molecular flexibility index (Phi) is 5.42. The van der Waals surface area contributed by atoms with Gasteiger partial charge in [0.2, 0.25) is 5.89 Å². The lowest BCUT2D eigenvalue weighted by atomic mass is 9.96. The third-order valence-electron chi connectivity index (χ3n) is 4.44. The van der Waals surface area contributed by atoms with E-state index in [1.54, 1.807) is 6.92 Å². The average Bonchev–Trinajstić information content (AvgIpc) is 3.03. The SMILES string of the molecule is Cc1ccc(OC(C)C(=O)N2CCC(c3nc(C)no3)CC2)c(Br)c1. The predicted molar refractivity (Wildman–Crippen MR) is 96.6 cm³/mol. The molecule has 0 bridgehead atoms. The Morgan fingerprint density at radius 2 is 2.08 bits per heavy atom. The number of aromatic nitrogens is 2. The minimum absolute atomic E-state index is 0.00707. The van der Waals surface area contributed by atoms with Crippen LogP contribution < -0.4 is 4.74 Å². The van der Waals surface area contributed by atoms with Crippen molar-refractivity contribution in [2.75, 3.05) is 13.1 Å². The molecule has 0 saturated carbocycles. The van der Waals surface area contributed by atoms with E-state index in [9.17, 15) is 4.79 Å². The van der Waals surface area contributed by atoms with Gasteiger partial charge in [-0.05, 0) is 67.2 Å². The molecule has 25 heavy (non-hydrogen) atoms. The van der Waals surface area contributed by atoms with Gasteiger partial charge in [0.05, 0.1) is 4.47 Å². The van der Waals surface area contributed by atoms with Crippen molar-refractivity contribution in [1.82, 2.24) is 15.0 Å². The molecule has 1 aliphatic heterocycles. The summed E-state index contributed by atoms with van der Waals surface area (Å²) in [5, 5.41) is 3.84. The first-order valence-corrected chi connectivity index (χ1v) is 9.25. The molecule has 2 aromatic rings. The molecule has 1 atom stereocenters. The third kappa shape index (κ3) is 4.21. The van der Waals surface area contributed by atoms with Crippen molar-refractivity contribution < 1.29 is 14.1 Å². The second-order valence-corrected chi connectivity index (χ2v) is 7.33. The maximum Gasteiger partial charge on any atom is 0.263 e. The maximum absolute atomic E-state index is 12.7. The molecule has 6 nitrogen and oxygen atoms in total. The van der Waals surface area contributed by atoms with Crippen LogP contribution >= 0.6 is 15.9 Å². The second-order valence-electron chi connectivity index (χ2n) is 6.47. The summed E-state index contributed by atoms with van der Waals surface area (Å²) < 4.78 is 12.0. The summed E-state index contributed by atoms with van der Waals surface area (Å²) in [7, 11) is 0. The number of aryl methyl sites for hydroxylation is 2. The quantitative estimate of drug-likeness (QED) is 0.773. The molecule has 0 N–H and O–H groups in total. The van der Waals surface area contributed by atoms with Crippen molar-refractivity contribution in [3.8, 4) is 5.75 Å². The van der Waals surface area contributed by atoms with E-state index in [2.05, 4.69) is 26.1 Å². The zero-order valence-corrected chi connectivity index (χ0v) is 16.2. The Balaban J connectivity index is 1.56. The van der Waals surface area contributed by atoms with Gasteiger partial charge in [-0.25, -0.2) is 0 Å². The van der Waals surface area contributed by atoms with Gasteiger partial charge in [0.25, 0.3) is 5.91 Å². The van der Waals surface area contributed by atoms with Crippen LogP contribution in [0.15, 0.2) is 27.2 Å². The molecular weight excluding hydrogens is 386 g/mol. The summed E-state index contributed by atoms with van der Waals surface area (Å²) >= 11 is 3.48. The highest BCUT2D eigenvalue weighted by Crippen LogP contribution is 2.29. The Hall–Kier alpha value is -1.89. The molecule has 0 radical (unpaired) electrons. The minimum atomic E-state index is -0.527. The van der Waals surface area contributed by atoms with Gasteiger partial charge in [0.1, 0.15) is 5.75 Å². The number of hydrogen-bond donors (Lipinski definition) is 0.